The standard InChI is InChI=1S/C14H19N/c1-12(2)8-9-13-6-4-5-7-14(13)10-11-15-3/h4-8,11H,9-10H2,1-3H3/b15-11+. The molecule has 0 saturated carbocycles. The molecule has 0 aliphatic rings. The fraction of sp³-hybridized carbons (Fsp3) is 0.357. The molecule has 15 heavy (non-hydrogen) atoms. The van der Waals surface area contributed by atoms with Gasteiger partial charge in [-0.3, -0.25) is 0 Å². The third kappa shape index (κ3) is 4.11. The highest BCUT2D eigenvalue weighted by Crippen LogP contribution is 2.11. The summed E-state index contributed by atoms with van der Waals surface area (Å²) in [6.07, 6.45) is 6.18. The van der Waals surface area contributed by atoms with Crippen LogP contribution in [0.5, 0.6) is 0 Å². The summed E-state index contributed by atoms with van der Waals surface area (Å²) in [5.41, 5.74) is 4.15. The smallest absolute Gasteiger partial charge is 0.0273 e. The van der Waals surface area contributed by atoms with Crippen molar-refractivity contribution >= 4 is 6.21 Å². The van der Waals surface area contributed by atoms with Gasteiger partial charge in [-0.15, -0.1) is 0 Å². The van der Waals surface area contributed by atoms with Crippen LogP contribution in [0.3, 0.4) is 0 Å². The first kappa shape index (κ1) is 11.7. The van der Waals surface area contributed by atoms with Crippen molar-refractivity contribution in [3.05, 3.63) is 47.0 Å². The van der Waals surface area contributed by atoms with Gasteiger partial charge in [-0.2, -0.15) is 0 Å². The Hall–Kier alpha value is -1.37. The van der Waals surface area contributed by atoms with Crippen LogP contribution in [0.2, 0.25) is 0 Å². The number of nitrogens with zero attached hydrogens (tertiary/aromatic N) is 1. The lowest BCUT2D eigenvalue weighted by Crippen LogP contribution is -1.94. The Kier molecular flexibility index (Phi) is 4.82. The van der Waals surface area contributed by atoms with E-state index in [0.717, 1.165) is 12.8 Å². The quantitative estimate of drug-likeness (QED) is 0.522. The van der Waals surface area contributed by atoms with Crippen molar-refractivity contribution in [3.63, 3.8) is 0 Å². The number of benzene rings is 1. The fourth-order valence-electron chi connectivity index (χ4n) is 1.46. The van der Waals surface area contributed by atoms with Crippen molar-refractivity contribution in [1.29, 1.82) is 0 Å². The van der Waals surface area contributed by atoms with Crippen molar-refractivity contribution in [2.75, 3.05) is 7.05 Å². The van der Waals surface area contributed by atoms with Gasteiger partial charge >= 0.3 is 0 Å². The number of rotatable bonds is 4. The molecular formula is C14H19N. The highest BCUT2D eigenvalue weighted by molar-refractivity contribution is 5.62. The molecule has 0 aliphatic heterocycles. The van der Waals surface area contributed by atoms with E-state index in [4.69, 9.17) is 0 Å². The molecular weight excluding hydrogens is 182 g/mol. The molecule has 1 aromatic carbocycles. The molecule has 0 atom stereocenters. The summed E-state index contributed by atoms with van der Waals surface area (Å²) in [5.74, 6) is 0. The van der Waals surface area contributed by atoms with Crippen molar-refractivity contribution in [1.82, 2.24) is 0 Å². The fourth-order valence-corrected chi connectivity index (χ4v) is 1.46. The molecule has 1 heteroatoms. The second kappa shape index (κ2) is 6.18. The predicted octanol–water partition coefficient (Wildman–Crippen LogP) is 3.44. The highest BCUT2D eigenvalue weighted by Gasteiger charge is 1.98. The van der Waals surface area contributed by atoms with E-state index in [9.17, 15) is 0 Å². The maximum atomic E-state index is 4.03. The second-order valence-corrected chi connectivity index (χ2v) is 3.90. The molecule has 0 amide bonds. The molecule has 0 aromatic heterocycles. The lowest BCUT2D eigenvalue weighted by Gasteiger charge is -2.04. The third-order valence-electron chi connectivity index (χ3n) is 2.34. The van der Waals surface area contributed by atoms with Crippen LogP contribution in [-0.4, -0.2) is 13.3 Å². The van der Waals surface area contributed by atoms with Crippen LogP contribution in [0.4, 0.5) is 0 Å². The molecule has 0 spiro atoms. The molecule has 0 bridgehead atoms. The van der Waals surface area contributed by atoms with E-state index in [2.05, 4.69) is 49.2 Å². The zero-order chi connectivity index (χ0) is 11.1. The minimum atomic E-state index is 0.934. The van der Waals surface area contributed by atoms with Gasteiger partial charge in [0.2, 0.25) is 0 Å². The number of hydrogen-bond donors (Lipinski definition) is 0. The first-order chi connectivity index (χ1) is 7.24. The summed E-state index contributed by atoms with van der Waals surface area (Å²) in [4.78, 5) is 4.03. The Morgan fingerprint density at radius 1 is 1.13 bits per heavy atom. The summed E-state index contributed by atoms with van der Waals surface area (Å²) < 4.78 is 0. The summed E-state index contributed by atoms with van der Waals surface area (Å²) >= 11 is 0. The minimum absolute atomic E-state index is 0.934. The average molecular weight is 201 g/mol. The number of allylic oxidation sites excluding steroid dienone is 2. The first-order valence-electron chi connectivity index (χ1n) is 5.35. The van der Waals surface area contributed by atoms with Gasteiger partial charge in [-0.05, 0) is 31.4 Å². The maximum Gasteiger partial charge on any atom is 0.0273 e. The Balaban J connectivity index is 2.81. The van der Waals surface area contributed by atoms with Gasteiger partial charge in [0.1, 0.15) is 0 Å². The van der Waals surface area contributed by atoms with Crippen LogP contribution in [0.1, 0.15) is 25.0 Å². The van der Waals surface area contributed by atoms with Crippen LogP contribution in [0, 0.1) is 0 Å². The molecule has 0 saturated heterocycles. The molecule has 1 nitrogen and oxygen atoms in total. The summed E-state index contributed by atoms with van der Waals surface area (Å²) in [7, 11) is 1.82. The number of aliphatic imine (C=N–C) groups is 1. The Bertz CT molecular complexity index is 357. The topological polar surface area (TPSA) is 12.4 Å². The summed E-state index contributed by atoms with van der Waals surface area (Å²) in [6.45, 7) is 4.27. The maximum absolute atomic E-state index is 4.03. The largest absolute Gasteiger partial charge is 0.301 e. The first-order valence-corrected chi connectivity index (χ1v) is 5.35. The molecule has 0 radical (unpaired) electrons. The Morgan fingerprint density at radius 3 is 2.27 bits per heavy atom. The molecule has 80 valence electrons. The van der Waals surface area contributed by atoms with E-state index in [1.807, 2.05) is 13.3 Å². The van der Waals surface area contributed by atoms with E-state index >= 15 is 0 Å². The Morgan fingerprint density at radius 2 is 1.73 bits per heavy atom. The van der Waals surface area contributed by atoms with E-state index in [1.165, 1.54) is 16.7 Å². The molecule has 1 aromatic rings. The molecule has 0 N–H and O–H groups in total. The molecule has 0 aliphatic carbocycles. The number of hydrogen-bond acceptors (Lipinski definition) is 1. The van der Waals surface area contributed by atoms with Crippen molar-refractivity contribution in [2.45, 2.75) is 26.7 Å². The van der Waals surface area contributed by atoms with Gasteiger partial charge in [-0.1, -0.05) is 35.9 Å². The van der Waals surface area contributed by atoms with Gasteiger partial charge in [-0.25, -0.2) is 0 Å². The highest BCUT2D eigenvalue weighted by atomic mass is 14.6. The SMILES string of the molecule is C/N=C/Cc1ccccc1CC=C(C)C. The molecule has 1 rings (SSSR count). The van der Waals surface area contributed by atoms with E-state index in [0.29, 0.717) is 0 Å². The molecule has 0 fully saturated rings. The summed E-state index contributed by atoms with van der Waals surface area (Å²) in [6, 6.07) is 8.56. The van der Waals surface area contributed by atoms with Crippen LogP contribution < -0.4 is 0 Å². The minimum Gasteiger partial charge on any atom is -0.301 e. The Labute approximate surface area is 92.6 Å². The zero-order valence-corrected chi connectivity index (χ0v) is 9.83. The van der Waals surface area contributed by atoms with Gasteiger partial charge in [0.05, 0.1) is 0 Å². The van der Waals surface area contributed by atoms with Gasteiger partial charge in [0, 0.05) is 19.7 Å². The van der Waals surface area contributed by atoms with Crippen LogP contribution in [0.25, 0.3) is 0 Å². The lowest BCUT2D eigenvalue weighted by atomic mass is 10.0. The van der Waals surface area contributed by atoms with Crippen LogP contribution >= 0.6 is 0 Å². The van der Waals surface area contributed by atoms with Gasteiger partial charge < -0.3 is 4.99 Å². The third-order valence-corrected chi connectivity index (χ3v) is 2.34. The van der Waals surface area contributed by atoms with E-state index in [1.54, 1.807) is 0 Å². The lowest BCUT2D eigenvalue weighted by molar-refractivity contribution is 1.15. The van der Waals surface area contributed by atoms with Gasteiger partial charge in [0.15, 0.2) is 0 Å². The monoisotopic (exact) mass is 201 g/mol. The van der Waals surface area contributed by atoms with Crippen molar-refractivity contribution in [2.24, 2.45) is 4.99 Å². The van der Waals surface area contributed by atoms with E-state index < -0.39 is 0 Å². The van der Waals surface area contributed by atoms with Gasteiger partial charge in [0.25, 0.3) is 0 Å². The zero-order valence-electron chi connectivity index (χ0n) is 9.83. The summed E-state index contributed by atoms with van der Waals surface area (Å²) in [5, 5.41) is 0. The normalized spacial score (nSPS) is 10.6. The van der Waals surface area contributed by atoms with E-state index in [-0.39, 0.29) is 0 Å². The van der Waals surface area contributed by atoms with Crippen molar-refractivity contribution in [3.8, 4) is 0 Å². The van der Waals surface area contributed by atoms with Crippen molar-refractivity contribution < 1.29 is 0 Å². The average Bonchev–Trinajstić information content (AvgIpc) is 2.24. The molecule has 0 unspecified atom stereocenters. The molecule has 0 heterocycles. The van der Waals surface area contributed by atoms with Crippen LogP contribution in [0.15, 0.2) is 40.9 Å². The second-order valence-electron chi connectivity index (χ2n) is 3.90. The predicted molar refractivity (Wildman–Crippen MR) is 67.7 cm³/mol. The van der Waals surface area contributed by atoms with Crippen LogP contribution in [-0.2, 0) is 12.8 Å².